The molecule has 2 aliphatic heterocycles. The summed E-state index contributed by atoms with van der Waals surface area (Å²) in [7, 11) is 0. The topological polar surface area (TPSA) is 40.6 Å². The van der Waals surface area contributed by atoms with Crippen molar-refractivity contribution in [2.45, 2.75) is 57.9 Å². The van der Waals surface area contributed by atoms with E-state index in [1.165, 1.54) is 18.4 Å². The maximum Gasteiger partial charge on any atom is 0.226 e. The summed E-state index contributed by atoms with van der Waals surface area (Å²) in [6.07, 6.45) is 6.67. The van der Waals surface area contributed by atoms with E-state index in [0.717, 1.165) is 44.5 Å². The number of piperidine rings is 2. The number of carbonyl (C=O) groups excluding carboxylic acids is 2. The number of rotatable bonds is 3. The molecule has 0 N–H and O–H groups in total. The van der Waals surface area contributed by atoms with Crippen LogP contribution < -0.4 is 0 Å². The molecule has 3 aliphatic rings. The first-order chi connectivity index (χ1) is 12.0. The molecule has 4 heteroatoms. The van der Waals surface area contributed by atoms with Crippen LogP contribution in [0.2, 0.25) is 0 Å². The second-order valence-electron chi connectivity index (χ2n) is 8.30. The van der Waals surface area contributed by atoms with Crippen LogP contribution in [0.5, 0.6) is 0 Å². The fourth-order valence-corrected chi connectivity index (χ4v) is 4.51. The number of carbonyl (C=O) groups is 2. The van der Waals surface area contributed by atoms with Gasteiger partial charge in [-0.15, -0.1) is 0 Å². The fraction of sp³-hybridized carbons (Fsp3) is 0.619. The molecule has 2 saturated heterocycles. The molecule has 1 aromatic carbocycles. The van der Waals surface area contributed by atoms with Gasteiger partial charge in [0.05, 0.1) is 6.42 Å². The highest BCUT2D eigenvalue weighted by Gasteiger charge is 2.45. The predicted molar refractivity (Wildman–Crippen MR) is 97.1 cm³/mol. The van der Waals surface area contributed by atoms with E-state index in [4.69, 9.17) is 0 Å². The molecule has 1 aromatic rings. The predicted octanol–water partition coefficient (Wildman–Crippen LogP) is 2.93. The number of hydrogen-bond donors (Lipinski definition) is 0. The molecular weight excluding hydrogens is 312 g/mol. The van der Waals surface area contributed by atoms with Crippen LogP contribution in [0.15, 0.2) is 24.3 Å². The van der Waals surface area contributed by atoms with Gasteiger partial charge in [0, 0.05) is 32.1 Å². The van der Waals surface area contributed by atoms with E-state index in [1.54, 1.807) is 0 Å². The molecule has 2 heterocycles. The average Bonchev–Trinajstić information content (AvgIpc) is 3.43. The van der Waals surface area contributed by atoms with Gasteiger partial charge in [0.15, 0.2) is 0 Å². The first-order valence-corrected chi connectivity index (χ1v) is 9.68. The third-order valence-corrected chi connectivity index (χ3v) is 6.30. The second-order valence-corrected chi connectivity index (χ2v) is 8.30. The highest BCUT2D eigenvalue weighted by molar-refractivity contribution is 5.79. The number of aryl methyl sites for hydroxylation is 1. The minimum atomic E-state index is 0.242. The molecule has 4 nitrogen and oxygen atoms in total. The maximum atomic E-state index is 12.6. The van der Waals surface area contributed by atoms with Crippen LogP contribution in [0.3, 0.4) is 0 Å². The number of nitrogens with zero attached hydrogens (tertiary/aromatic N) is 2. The lowest BCUT2D eigenvalue weighted by atomic mass is 9.72. The van der Waals surface area contributed by atoms with E-state index in [0.29, 0.717) is 24.8 Å². The van der Waals surface area contributed by atoms with Gasteiger partial charge in [0.2, 0.25) is 11.8 Å². The van der Waals surface area contributed by atoms with Crippen molar-refractivity contribution in [3.8, 4) is 0 Å². The van der Waals surface area contributed by atoms with Crippen LogP contribution in [0.4, 0.5) is 0 Å². The molecule has 0 atom stereocenters. The molecule has 0 aromatic heterocycles. The van der Waals surface area contributed by atoms with Gasteiger partial charge in [0.1, 0.15) is 0 Å². The van der Waals surface area contributed by atoms with Crippen molar-refractivity contribution in [3.05, 3.63) is 35.4 Å². The molecule has 1 saturated carbocycles. The lowest BCUT2D eigenvalue weighted by Crippen LogP contribution is -2.53. The SMILES string of the molecule is Cc1cccc(CC(=O)N2CCC3(CCC(=O)N(C4CC4)C3)CC2)c1. The number of likely N-dealkylation sites (tertiary alicyclic amines) is 2. The van der Waals surface area contributed by atoms with Crippen molar-refractivity contribution in [3.63, 3.8) is 0 Å². The average molecular weight is 340 g/mol. The Bertz CT molecular complexity index is 672. The zero-order valence-corrected chi connectivity index (χ0v) is 15.2. The van der Waals surface area contributed by atoms with Gasteiger partial charge < -0.3 is 9.80 Å². The molecule has 2 amide bonds. The normalized spacial score (nSPS) is 23.2. The molecule has 3 fully saturated rings. The fourth-order valence-electron chi connectivity index (χ4n) is 4.51. The molecule has 25 heavy (non-hydrogen) atoms. The molecule has 1 spiro atoms. The molecule has 0 radical (unpaired) electrons. The van der Waals surface area contributed by atoms with Crippen molar-refractivity contribution < 1.29 is 9.59 Å². The minimum Gasteiger partial charge on any atom is -0.342 e. The summed E-state index contributed by atoms with van der Waals surface area (Å²) in [6.45, 7) is 4.68. The summed E-state index contributed by atoms with van der Waals surface area (Å²) in [4.78, 5) is 29.0. The van der Waals surface area contributed by atoms with Crippen molar-refractivity contribution in [2.75, 3.05) is 19.6 Å². The molecular formula is C21H28N2O2. The number of benzene rings is 1. The van der Waals surface area contributed by atoms with E-state index in [2.05, 4.69) is 24.0 Å². The Morgan fingerprint density at radius 1 is 1.20 bits per heavy atom. The molecule has 4 rings (SSSR count). The molecule has 1 aliphatic carbocycles. The van der Waals surface area contributed by atoms with Gasteiger partial charge in [0.25, 0.3) is 0 Å². The Labute approximate surface area is 150 Å². The lowest BCUT2D eigenvalue weighted by molar-refractivity contribution is -0.142. The first-order valence-electron chi connectivity index (χ1n) is 9.68. The Balaban J connectivity index is 1.34. The molecule has 134 valence electrons. The van der Waals surface area contributed by atoms with Crippen LogP contribution in [0.1, 0.15) is 49.7 Å². The smallest absolute Gasteiger partial charge is 0.226 e. The largest absolute Gasteiger partial charge is 0.342 e. The second kappa shape index (κ2) is 6.47. The quantitative estimate of drug-likeness (QED) is 0.849. The Morgan fingerprint density at radius 2 is 1.96 bits per heavy atom. The van der Waals surface area contributed by atoms with E-state index in [-0.39, 0.29) is 11.3 Å². The monoisotopic (exact) mass is 340 g/mol. The van der Waals surface area contributed by atoms with Gasteiger partial charge in [-0.1, -0.05) is 29.8 Å². The van der Waals surface area contributed by atoms with Gasteiger partial charge in [-0.05, 0) is 50.0 Å². The number of amides is 2. The van der Waals surface area contributed by atoms with Crippen LogP contribution in [0.25, 0.3) is 0 Å². The zero-order chi connectivity index (χ0) is 17.4. The maximum absolute atomic E-state index is 12.6. The van der Waals surface area contributed by atoms with E-state index < -0.39 is 0 Å². The van der Waals surface area contributed by atoms with Gasteiger partial charge in [-0.2, -0.15) is 0 Å². The molecule has 0 bridgehead atoms. The third kappa shape index (κ3) is 3.58. The van der Waals surface area contributed by atoms with Crippen LogP contribution >= 0.6 is 0 Å². The Kier molecular flexibility index (Phi) is 4.30. The van der Waals surface area contributed by atoms with Gasteiger partial charge in [-0.3, -0.25) is 9.59 Å². The summed E-state index contributed by atoms with van der Waals surface area (Å²) in [6, 6.07) is 8.74. The number of hydrogen-bond acceptors (Lipinski definition) is 2. The molecule has 0 unspecified atom stereocenters. The highest BCUT2D eigenvalue weighted by atomic mass is 16.2. The van der Waals surface area contributed by atoms with Crippen LogP contribution in [-0.4, -0.2) is 47.3 Å². The van der Waals surface area contributed by atoms with Gasteiger partial charge in [-0.25, -0.2) is 0 Å². The van der Waals surface area contributed by atoms with Crippen LogP contribution in [-0.2, 0) is 16.0 Å². The lowest BCUT2D eigenvalue weighted by Gasteiger charge is -2.47. The Morgan fingerprint density at radius 3 is 2.64 bits per heavy atom. The van der Waals surface area contributed by atoms with Crippen molar-refractivity contribution in [1.82, 2.24) is 9.80 Å². The van der Waals surface area contributed by atoms with E-state index >= 15 is 0 Å². The third-order valence-electron chi connectivity index (χ3n) is 6.30. The van der Waals surface area contributed by atoms with E-state index in [9.17, 15) is 9.59 Å². The zero-order valence-electron chi connectivity index (χ0n) is 15.2. The Hall–Kier alpha value is -1.84. The van der Waals surface area contributed by atoms with Gasteiger partial charge >= 0.3 is 0 Å². The first kappa shape index (κ1) is 16.6. The minimum absolute atomic E-state index is 0.242. The summed E-state index contributed by atoms with van der Waals surface area (Å²) in [5, 5.41) is 0. The van der Waals surface area contributed by atoms with Crippen molar-refractivity contribution in [1.29, 1.82) is 0 Å². The van der Waals surface area contributed by atoms with Crippen molar-refractivity contribution in [2.24, 2.45) is 5.41 Å². The summed E-state index contributed by atoms with van der Waals surface area (Å²) >= 11 is 0. The summed E-state index contributed by atoms with van der Waals surface area (Å²) < 4.78 is 0. The van der Waals surface area contributed by atoms with Crippen molar-refractivity contribution >= 4 is 11.8 Å². The summed E-state index contributed by atoms with van der Waals surface area (Å²) in [5.41, 5.74) is 2.57. The standard InChI is InChI=1S/C21H28N2O2/c1-16-3-2-4-17(13-16)14-20(25)22-11-9-21(10-12-22)8-7-19(24)23(15-21)18-5-6-18/h2-4,13,18H,5-12,14-15H2,1H3. The van der Waals surface area contributed by atoms with E-state index in [1.807, 2.05) is 17.0 Å². The summed E-state index contributed by atoms with van der Waals surface area (Å²) in [5.74, 6) is 0.595. The highest BCUT2D eigenvalue weighted by Crippen LogP contribution is 2.43. The van der Waals surface area contributed by atoms with Crippen LogP contribution in [0, 0.1) is 12.3 Å².